The molecule has 2 N–H and O–H groups in total. The molecule has 0 saturated heterocycles. The van der Waals surface area contributed by atoms with E-state index in [4.69, 9.17) is 5.73 Å². The highest BCUT2D eigenvalue weighted by molar-refractivity contribution is 7.84. The maximum atomic E-state index is 13.6. The SMILES string of the molecule is NCc1ccc(F)c(CS(=O)CC2CCCC2)c1. The Labute approximate surface area is 110 Å². The van der Waals surface area contributed by atoms with E-state index in [1.165, 1.54) is 31.7 Å². The van der Waals surface area contributed by atoms with E-state index in [-0.39, 0.29) is 5.82 Å². The summed E-state index contributed by atoms with van der Waals surface area (Å²) in [4.78, 5) is 0. The highest BCUT2D eigenvalue weighted by Crippen LogP contribution is 2.26. The average Bonchev–Trinajstić information content (AvgIpc) is 2.84. The van der Waals surface area contributed by atoms with E-state index in [1.807, 2.05) is 0 Å². The first-order chi connectivity index (χ1) is 8.69. The first kappa shape index (κ1) is 13.7. The van der Waals surface area contributed by atoms with Crippen LogP contribution in [0.3, 0.4) is 0 Å². The monoisotopic (exact) mass is 269 g/mol. The van der Waals surface area contributed by atoms with Gasteiger partial charge in [0.2, 0.25) is 0 Å². The lowest BCUT2D eigenvalue weighted by Crippen LogP contribution is -2.10. The van der Waals surface area contributed by atoms with E-state index in [0.29, 0.717) is 29.5 Å². The van der Waals surface area contributed by atoms with Crippen molar-refractivity contribution >= 4 is 10.8 Å². The lowest BCUT2D eigenvalue weighted by molar-refractivity contribution is 0.599. The van der Waals surface area contributed by atoms with Gasteiger partial charge in [0.25, 0.3) is 0 Å². The van der Waals surface area contributed by atoms with E-state index >= 15 is 0 Å². The zero-order valence-corrected chi connectivity index (χ0v) is 11.3. The molecule has 1 fully saturated rings. The highest BCUT2D eigenvalue weighted by atomic mass is 32.2. The second-order valence-corrected chi connectivity index (χ2v) is 6.53. The molecule has 18 heavy (non-hydrogen) atoms. The van der Waals surface area contributed by atoms with Crippen molar-refractivity contribution in [3.8, 4) is 0 Å². The topological polar surface area (TPSA) is 43.1 Å². The van der Waals surface area contributed by atoms with Crippen molar-refractivity contribution in [3.63, 3.8) is 0 Å². The quantitative estimate of drug-likeness (QED) is 0.893. The van der Waals surface area contributed by atoms with Gasteiger partial charge in [-0.15, -0.1) is 0 Å². The van der Waals surface area contributed by atoms with Crippen LogP contribution in [0.1, 0.15) is 36.8 Å². The zero-order valence-electron chi connectivity index (χ0n) is 10.5. The summed E-state index contributed by atoms with van der Waals surface area (Å²) in [6, 6.07) is 4.84. The minimum Gasteiger partial charge on any atom is -0.326 e. The smallest absolute Gasteiger partial charge is 0.127 e. The van der Waals surface area contributed by atoms with Crippen LogP contribution >= 0.6 is 0 Å². The minimum absolute atomic E-state index is 0.271. The van der Waals surface area contributed by atoms with Crippen LogP contribution in [0.25, 0.3) is 0 Å². The average molecular weight is 269 g/mol. The molecule has 2 nitrogen and oxygen atoms in total. The molecule has 0 amide bonds. The molecule has 1 aromatic carbocycles. The van der Waals surface area contributed by atoms with Crippen LogP contribution in [-0.2, 0) is 23.1 Å². The molecule has 1 unspecified atom stereocenters. The number of hydrogen-bond donors (Lipinski definition) is 1. The molecule has 0 aromatic heterocycles. The summed E-state index contributed by atoms with van der Waals surface area (Å²) in [7, 11) is -0.962. The van der Waals surface area contributed by atoms with Crippen molar-refractivity contribution in [1.29, 1.82) is 0 Å². The second-order valence-electron chi connectivity index (χ2n) is 5.03. The fraction of sp³-hybridized carbons (Fsp3) is 0.571. The summed E-state index contributed by atoms with van der Waals surface area (Å²) in [6.45, 7) is 0.391. The van der Waals surface area contributed by atoms with Crippen LogP contribution in [0.4, 0.5) is 4.39 Å². The van der Waals surface area contributed by atoms with Gasteiger partial charge in [-0.05, 0) is 30.4 Å². The molecule has 0 bridgehead atoms. The van der Waals surface area contributed by atoms with Gasteiger partial charge < -0.3 is 5.73 Å². The Kier molecular flexibility index (Phi) is 4.89. The lowest BCUT2D eigenvalue weighted by Gasteiger charge is -2.10. The molecule has 0 spiro atoms. The number of benzene rings is 1. The molecule has 1 atom stereocenters. The predicted molar refractivity (Wildman–Crippen MR) is 73.0 cm³/mol. The lowest BCUT2D eigenvalue weighted by atomic mass is 10.1. The maximum Gasteiger partial charge on any atom is 0.127 e. The number of halogens is 1. The molecule has 2 rings (SSSR count). The van der Waals surface area contributed by atoms with E-state index in [1.54, 1.807) is 12.1 Å². The van der Waals surface area contributed by atoms with Crippen LogP contribution in [-0.4, -0.2) is 9.96 Å². The van der Waals surface area contributed by atoms with Gasteiger partial charge in [-0.25, -0.2) is 4.39 Å². The van der Waals surface area contributed by atoms with Crippen molar-refractivity contribution in [2.75, 3.05) is 5.75 Å². The highest BCUT2D eigenvalue weighted by Gasteiger charge is 2.18. The molecular weight excluding hydrogens is 249 g/mol. The maximum absolute atomic E-state index is 13.6. The van der Waals surface area contributed by atoms with E-state index in [2.05, 4.69) is 0 Å². The molecule has 1 aliphatic rings. The number of rotatable bonds is 5. The van der Waals surface area contributed by atoms with Crippen molar-refractivity contribution in [3.05, 3.63) is 35.1 Å². The van der Waals surface area contributed by atoms with E-state index in [0.717, 1.165) is 5.56 Å². The fourth-order valence-electron chi connectivity index (χ4n) is 2.54. The summed E-state index contributed by atoms with van der Waals surface area (Å²) in [5, 5.41) is 0. The Morgan fingerprint density at radius 2 is 2.06 bits per heavy atom. The van der Waals surface area contributed by atoms with Gasteiger partial charge in [-0.3, -0.25) is 4.21 Å². The van der Waals surface area contributed by atoms with Crippen LogP contribution in [0.2, 0.25) is 0 Å². The van der Waals surface area contributed by atoms with Crippen LogP contribution < -0.4 is 5.73 Å². The third-order valence-corrected chi connectivity index (χ3v) is 5.03. The predicted octanol–water partition coefficient (Wildman–Crippen LogP) is 2.72. The second kappa shape index (κ2) is 6.43. The third-order valence-electron chi connectivity index (χ3n) is 3.56. The van der Waals surface area contributed by atoms with Crippen LogP contribution in [0, 0.1) is 11.7 Å². The molecule has 1 aliphatic carbocycles. The van der Waals surface area contributed by atoms with Crippen molar-refractivity contribution < 1.29 is 8.60 Å². The molecule has 0 heterocycles. The minimum atomic E-state index is -0.962. The molecular formula is C14H20FNOS. The van der Waals surface area contributed by atoms with Crippen molar-refractivity contribution in [2.24, 2.45) is 11.7 Å². The van der Waals surface area contributed by atoms with E-state index < -0.39 is 10.8 Å². The third kappa shape index (κ3) is 3.62. The fourth-order valence-corrected chi connectivity index (χ4v) is 4.08. The first-order valence-electron chi connectivity index (χ1n) is 6.51. The van der Waals surface area contributed by atoms with Gasteiger partial charge in [0.05, 0.1) is 5.75 Å². The zero-order chi connectivity index (χ0) is 13.0. The van der Waals surface area contributed by atoms with Crippen molar-refractivity contribution in [2.45, 2.75) is 38.0 Å². The van der Waals surface area contributed by atoms with Crippen LogP contribution in [0.15, 0.2) is 18.2 Å². The molecule has 0 aliphatic heterocycles. The molecule has 1 saturated carbocycles. The Balaban J connectivity index is 1.97. The summed E-state index contributed by atoms with van der Waals surface area (Å²) < 4.78 is 25.6. The molecule has 0 radical (unpaired) electrons. The van der Waals surface area contributed by atoms with Gasteiger partial charge in [-0.1, -0.05) is 25.0 Å². The standard InChI is InChI=1S/C14H20FNOS/c15-14-6-5-12(8-16)7-13(14)10-18(17)9-11-3-1-2-4-11/h5-7,11H,1-4,8-10,16H2. The normalized spacial score (nSPS) is 18.1. The number of hydrogen-bond acceptors (Lipinski definition) is 2. The van der Waals surface area contributed by atoms with Gasteiger partial charge in [0, 0.05) is 28.7 Å². The van der Waals surface area contributed by atoms with Gasteiger partial charge in [0.1, 0.15) is 5.82 Å². The molecule has 100 valence electrons. The Morgan fingerprint density at radius 3 is 2.72 bits per heavy atom. The summed E-state index contributed by atoms with van der Waals surface area (Å²) in [5.41, 5.74) is 6.96. The summed E-state index contributed by atoms with van der Waals surface area (Å²) in [5.74, 6) is 1.33. The van der Waals surface area contributed by atoms with Gasteiger partial charge >= 0.3 is 0 Å². The largest absolute Gasteiger partial charge is 0.326 e. The van der Waals surface area contributed by atoms with Gasteiger partial charge in [0.15, 0.2) is 0 Å². The summed E-state index contributed by atoms with van der Waals surface area (Å²) >= 11 is 0. The van der Waals surface area contributed by atoms with Gasteiger partial charge in [-0.2, -0.15) is 0 Å². The van der Waals surface area contributed by atoms with Crippen molar-refractivity contribution in [1.82, 2.24) is 0 Å². The molecule has 4 heteroatoms. The Morgan fingerprint density at radius 1 is 1.33 bits per heavy atom. The summed E-state index contributed by atoms with van der Waals surface area (Å²) in [6.07, 6.45) is 4.85. The Bertz CT molecular complexity index is 430. The first-order valence-corrected chi connectivity index (χ1v) is 8.00. The molecule has 1 aromatic rings. The number of nitrogens with two attached hydrogens (primary N) is 1. The van der Waals surface area contributed by atoms with E-state index in [9.17, 15) is 8.60 Å². The van der Waals surface area contributed by atoms with Crippen LogP contribution in [0.5, 0.6) is 0 Å². The Hall–Kier alpha value is -0.740.